The van der Waals surface area contributed by atoms with E-state index in [0.29, 0.717) is 0 Å². The number of aliphatic hydroxyl groups is 1. The summed E-state index contributed by atoms with van der Waals surface area (Å²) < 4.78 is 7.39. The molecule has 3 atom stereocenters. The van der Waals surface area contributed by atoms with Crippen molar-refractivity contribution >= 4 is 8.32 Å². The molecule has 0 saturated carbocycles. The number of allylic oxidation sites excluding steroid dienone is 1. The van der Waals surface area contributed by atoms with Gasteiger partial charge in [-0.3, -0.25) is 4.98 Å². The Morgan fingerprint density at radius 3 is 2.24 bits per heavy atom. The average Bonchev–Trinajstić information content (AvgIpc) is 3.34. The van der Waals surface area contributed by atoms with Crippen molar-refractivity contribution in [2.45, 2.75) is 135 Å². The molecular weight excluding hydrogens is 520 g/mol. The van der Waals surface area contributed by atoms with Gasteiger partial charge in [-0.05, 0) is 91.8 Å². The van der Waals surface area contributed by atoms with Crippen molar-refractivity contribution in [3.63, 3.8) is 0 Å². The van der Waals surface area contributed by atoms with Gasteiger partial charge in [0, 0.05) is 22.9 Å². The average molecular weight is 573 g/mol. The summed E-state index contributed by atoms with van der Waals surface area (Å²) in [7, 11) is -2.08. The number of nitriles is 1. The van der Waals surface area contributed by atoms with Gasteiger partial charge in [0.05, 0.1) is 17.1 Å². The van der Waals surface area contributed by atoms with Crippen LogP contribution in [0.2, 0.25) is 18.1 Å². The number of nitrogens with zero attached hydrogens (tertiary/aromatic N) is 2. The number of benzene rings is 1. The van der Waals surface area contributed by atoms with Crippen molar-refractivity contribution in [2.24, 2.45) is 5.41 Å². The van der Waals surface area contributed by atoms with E-state index in [4.69, 9.17) is 9.41 Å². The Hall–Kier alpha value is -2.26. The maximum atomic E-state index is 11.8. The van der Waals surface area contributed by atoms with Gasteiger partial charge < -0.3 is 9.53 Å². The summed E-state index contributed by atoms with van der Waals surface area (Å²) in [4.78, 5) is 5.35. The molecule has 1 heterocycles. The topological polar surface area (TPSA) is 66.1 Å². The Morgan fingerprint density at radius 2 is 1.73 bits per heavy atom. The summed E-state index contributed by atoms with van der Waals surface area (Å²) in [6, 6.07) is 12.5. The summed E-state index contributed by atoms with van der Waals surface area (Å²) >= 11 is 0. The molecule has 0 fully saturated rings. The van der Waals surface area contributed by atoms with Crippen molar-refractivity contribution < 1.29 is 9.53 Å². The van der Waals surface area contributed by atoms with E-state index in [1.54, 1.807) is 0 Å². The van der Waals surface area contributed by atoms with E-state index in [0.717, 1.165) is 53.8 Å². The molecule has 2 aliphatic rings. The Kier molecular flexibility index (Phi) is 8.33. The molecule has 2 aromatic rings. The molecular formula is C36H52N2O2Si. The van der Waals surface area contributed by atoms with E-state index < -0.39 is 19.8 Å². The molecule has 0 bridgehead atoms. The Bertz CT molecular complexity index is 1340. The van der Waals surface area contributed by atoms with Gasteiger partial charge in [-0.2, -0.15) is 5.26 Å². The number of aliphatic hydroxyl groups excluding tert-OH is 1. The highest BCUT2D eigenvalue weighted by Gasteiger charge is 2.51. The minimum atomic E-state index is -2.08. The van der Waals surface area contributed by atoms with Crippen LogP contribution in [-0.4, -0.2) is 24.0 Å². The fourth-order valence-corrected chi connectivity index (χ4v) is 7.99. The molecule has 0 radical (unpaired) electrons. The summed E-state index contributed by atoms with van der Waals surface area (Å²) in [5, 5.41) is 21.5. The number of hydrogen-bond donors (Lipinski definition) is 1. The predicted octanol–water partition coefficient (Wildman–Crippen LogP) is 9.25. The zero-order valence-corrected chi connectivity index (χ0v) is 28.4. The van der Waals surface area contributed by atoms with E-state index in [1.807, 2.05) is 38.1 Å². The molecule has 5 heteroatoms. The lowest BCUT2D eigenvalue weighted by molar-refractivity contribution is 0.0469. The predicted molar refractivity (Wildman–Crippen MR) is 172 cm³/mol. The summed E-state index contributed by atoms with van der Waals surface area (Å²) in [5.74, 6) is 0.349. The van der Waals surface area contributed by atoms with Crippen LogP contribution >= 0.6 is 0 Å². The van der Waals surface area contributed by atoms with Crippen LogP contribution in [0.5, 0.6) is 0 Å². The standard InChI is InChI=1S/C36H52N2O2Si/c1-24(2)31-28(32(39)25-14-16-26(17-15-25)35(8,9)23-37)20-27-29(21-34(6,7)22-30(27)38-31)36(18-12-13-19-36)40-41(10,11)33(3,4)5/h12,14-18,20,24,29,32,39H,13,19,21-22H2,1-11H3/t29-,32-,36?/m0/s1. The lowest BCUT2D eigenvalue weighted by atomic mass is 9.64. The molecule has 1 N–H and O–H groups in total. The zero-order valence-electron chi connectivity index (χ0n) is 27.4. The van der Waals surface area contributed by atoms with Crippen LogP contribution in [0.25, 0.3) is 0 Å². The quantitative estimate of drug-likeness (QED) is 0.265. The maximum absolute atomic E-state index is 11.8. The van der Waals surface area contributed by atoms with Crippen LogP contribution in [0.3, 0.4) is 0 Å². The first-order valence-corrected chi connectivity index (χ1v) is 18.3. The molecule has 0 spiro atoms. The van der Waals surface area contributed by atoms with Crippen molar-refractivity contribution in [2.75, 3.05) is 0 Å². The number of rotatable bonds is 7. The lowest BCUT2D eigenvalue weighted by Gasteiger charge is -2.50. The second-order valence-corrected chi connectivity index (χ2v) is 20.5. The van der Waals surface area contributed by atoms with E-state index in [1.165, 1.54) is 5.56 Å². The molecule has 0 amide bonds. The normalized spacial score (nSPS) is 23.4. The molecule has 41 heavy (non-hydrogen) atoms. The van der Waals surface area contributed by atoms with E-state index in [2.05, 4.69) is 85.8 Å². The fourth-order valence-electron chi connectivity index (χ4n) is 6.42. The number of hydrogen-bond acceptors (Lipinski definition) is 4. The van der Waals surface area contributed by atoms with Gasteiger partial charge in [0.25, 0.3) is 0 Å². The molecule has 222 valence electrons. The van der Waals surface area contributed by atoms with Crippen molar-refractivity contribution in [3.8, 4) is 6.07 Å². The minimum absolute atomic E-state index is 0.0998. The SMILES string of the molecule is CC(C)c1nc2c(cc1[C@@H](O)c1ccc(C(C)(C)C#N)cc1)[C@@H](C1(O[Si](C)(C)C(C)(C)C)C=CCC1)CC(C)(C)C2. The summed E-state index contributed by atoms with van der Waals surface area (Å²) in [6.45, 7) is 24.6. The third kappa shape index (κ3) is 6.12. The number of fused-ring (bicyclic) bond motifs is 1. The van der Waals surface area contributed by atoms with Gasteiger partial charge in [-0.25, -0.2) is 0 Å². The van der Waals surface area contributed by atoms with Crippen LogP contribution in [0.4, 0.5) is 0 Å². The first-order chi connectivity index (χ1) is 18.8. The van der Waals surface area contributed by atoms with E-state index >= 15 is 0 Å². The van der Waals surface area contributed by atoms with Crippen LogP contribution in [0, 0.1) is 16.7 Å². The van der Waals surface area contributed by atoms with Crippen molar-refractivity contribution in [1.82, 2.24) is 4.98 Å². The molecule has 1 aromatic heterocycles. The second kappa shape index (κ2) is 10.8. The highest BCUT2D eigenvalue weighted by molar-refractivity contribution is 6.74. The molecule has 2 aliphatic carbocycles. The van der Waals surface area contributed by atoms with Gasteiger partial charge >= 0.3 is 0 Å². The lowest BCUT2D eigenvalue weighted by Crippen LogP contribution is -2.52. The number of pyridine rings is 1. The van der Waals surface area contributed by atoms with Crippen LogP contribution in [0.15, 0.2) is 42.5 Å². The highest BCUT2D eigenvalue weighted by atomic mass is 28.4. The van der Waals surface area contributed by atoms with Gasteiger partial charge in [-0.1, -0.05) is 84.9 Å². The smallest absolute Gasteiger partial charge is 0.193 e. The molecule has 1 aromatic carbocycles. The number of aromatic nitrogens is 1. The van der Waals surface area contributed by atoms with Crippen LogP contribution in [-0.2, 0) is 16.3 Å². The van der Waals surface area contributed by atoms with Crippen molar-refractivity contribution in [1.29, 1.82) is 5.26 Å². The monoisotopic (exact) mass is 572 g/mol. The van der Waals surface area contributed by atoms with E-state index in [9.17, 15) is 10.4 Å². The largest absolute Gasteiger partial charge is 0.407 e. The highest BCUT2D eigenvalue weighted by Crippen LogP contribution is 2.54. The minimum Gasteiger partial charge on any atom is -0.407 e. The fraction of sp³-hybridized carbons (Fsp3) is 0.611. The van der Waals surface area contributed by atoms with Gasteiger partial charge in [0.15, 0.2) is 8.32 Å². The first-order valence-electron chi connectivity index (χ1n) is 15.4. The van der Waals surface area contributed by atoms with Crippen molar-refractivity contribution in [3.05, 3.63) is 76.1 Å². The van der Waals surface area contributed by atoms with Crippen LogP contribution < -0.4 is 0 Å². The third-order valence-corrected chi connectivity index (χ3v) is 14.5. The Morgan fingerprint density at radius 1 is 1.10 bits per heavy atom. The molecule has 1 unspecified atom stereocenters. The Balaban J connectivity index is 1.86. The van der Waals surface area contributed by atoms with E-state index in [-0.39, 0.29) is 27.9 Å². The molecule has 0 aliphatic heterocycles. The Labute approximate surface area is 250 Å². The summed E-state index contributed by atoms with van der Waals surface area (Å²) in [6.07, 6.45) is 7.84. The first kappa shape index (κ1) is 31.7. The van der Waals surface area contributed by atoms with Gasteiger partial charge in [0.1, 0.15) is 6.10 Å². The molecule has 4 nitrogen and oxygen atoms in total. The van der Waals surface area contributed by atoms with Gasteiger partial charge in [-0.15, -0.1) is 0 Å². The third-order valence-electron chi connectivity index (χ3n) is 9.99. The maximum Gasteiger partial charge on any atom is 0.193 e. The van der Waals surface area contributed by atoms with Crippen LogP contribution in [0.1, 0.15) is 133 Å². The second-order valence-electron chi connectivity index (χ2n) is 15.8. The molecule has 0 saturated heterocycles. The molecule has 4 rings (SSSR count). The zero-order chi connectivity index (χ0) is 30.6. The summed E-state index contributed by atoms with van der Waals surface area (Å²) in [5.41, 5.74) is 5.20. The van der Waals surface area contributed by atoms with Gasteiger partial charge in [0.2, 0.25) is 0 Å².